The van der Waals surface area contributed by atoms with E-state index in [4.69, 9.17) is 14.8 Å². The summed E-state index contributed by atoms with van der Waals surface area (Å²) >= 11 is 0. The minimum Gasteiger partial charge on any atom is -0.376 e. The van der Waals surface area contributed by atoms with E-state index < -0.39 is 0 Å². The standard InChI is InChI=1S/C18H31N5O.HI/c1-4-19-18(20-11-16-6-5-9-24-16)21-15-8-7-14-12-23(13(2)3)22-17(14)10-15;/h12-13,15-16H,4-11H2,1-3H3,(H2,19,20,21);1H. The summed E-state index contributed by atoms with van der Waals surface area (Å²) in [6, 6.07) is 0.822. The number of nitrogens with zero attached hydrogens (tertiary/aromatic N) is 3. The molecular formula is C18H32IN5O. The van der Waals surface area contributed by atoms with E-state index in [2.05, 4.69) is 42.3 Å². The highest BCUT2D eigenvalue weighted by molar-refractivity contribution is 14.0. The van der Waals surface area contributed by atoms with Gasteiger partial charge in [0.25, 0.3) is 0 Å². The van der Waals surface area contributed by atoms with Crippen LogP contribution in [0.4, 0.5) is 0 Å². The SMILES string of the molecule is CCNC(=NCC1CCCO1)NC1CCc2cn(C(C)C)nc2C1.I. The van der Waals surface area contributed by atoms with Crippen LogP contribution in [0.1, 0.15) is 57.3 Å². The summed E-state index contributed by atoms with van der Waals surface area (Å²) < 4.78 is 7.75. The molecular weight excluding hydrogens is 429 g/mol. The van der Waals surface area contributed by atoms with Gasteiger partial charge in [-0.3, -0.25) is 9.67 Å². The Morgan fingerprint density at radius 1 is 1.44 bits per heavy atom. The highest BCUT2D eigenvalue weighted by atomic mass is 127. The first kappa shape index (κ1) is 20.5. The lowest BCUT2D eigenvalue weighted by Gasteiger charge is -2.24. The van der Waals surface area contributed by atoms with E-state index in [-0.39, 0.29) is 24.0 Å². The molecule has 3 rings (SSSR count). The van der Waals surface area contributed by atoms with Gasteiger partial charge in [0.1, 0.15) is 0 Å². The fourth-order valence-electron chi connectivity index (χ4n) is 3.40. The Bertz CT molecular complexity index is 566. The summed E-state index contributed by atoms with van der Waals surface area (Å²) in [5, 5.41) is 11.7. The van der Waals surface area contributed by atoms with Crippen molar-refractivity contribution in [2.75, 3.05) is 19.7 Å². The third kappa shape index (κ3) is 5.57. The van der Waals surface area contributed by atoms with E-state index in [1.54, 1.807) is 0 Å². The van der Waals surface area contributed by atoms with Gasteiger partial charge in [0.15, 0.2) is 5.96 Å². The van der Waals surface area contributed by atoms with Crippen LogP contribution in [0.5, 0.6) is 0 Å². The Morgan fingerprint density at radius 3 is 2.96 bits per heavy atom. The van der Waals surface area contributed by atoms with Crippen molar-refractivity contribution in [3.8, 4) is 0 Å². The van der Waals surface area contributed by atoms with Crippen molar-refractivity contribution in [1.29, 1.82) is 0 Å². The number of ether oxygens (including phenoxy) is 1. The molecule has 0 aromatic carbocycles. The maximum Gasteiger partial charge on any atom is 0.191 e. The van der Waals surface area contributed by atoms with Gasteiger partial charge < -0.3 is 15.4 Å². The number of halogens is 1. The average molecular weight is 461 g/mol. The summed E-state index contributed by atoms with van der Waals surface area (Å²) in [6.45, 7) is 8.96. The first-order chi connectivity index (χ1) is 11.7. The number of rotatable bonds is 5. The molecule has 0 bridgehead atoms. The van der Waals surface area contributed by atoms with Gasteiger partial charge in [-0.25, -0.2) is 0 Å². The first-order valence-corrected chi connectivity index (χ1v) is 9.39. The van der Waals surface area contributed by atoms with Gasteiger partial charge in [-0.2, -0.15) is 5.10 Å². The lowest BCUT2D eigenvalue weighted by molar-refractivity contribution is 0.117. The van der Waals surface area contributed by atoms with Crippen LogP contribution in [-0.2, 0) is 17.6 Å². The van der Waals surface area contributed by atoms with Crippen LogP contribution in [0.15, 0.2) is 11.2 Å². The predicted molar refractivity (Wildman–Crippen MR) is 112 cm³/mol. The fourth-order valence-corrected chi connectivity index (χ4v) is 3.40. The van der Waals surface area contributed by atoms with Crippen LogP contribution in [0.2, 0.25) is 0 Å². The fraction of sp³-hybridized carbons (Fsp3) is 0.778. The number of aryl methyl sites for hydroxylation is 1. The summed E-state index contributed by atoms with van der Waals surface area (Å²) in [5.74, 6) is 0.907. The van der Waals surface area contributed by atoms with E-state index in [0.29, 0.717) is 18.2 Å². The molecule has 25 heavy (non-hydrogen) atoms. The molecule has 2 N–H and O–H groups in total. The second-order valence-electron chi connectivity index (χ2n) is 7.11. The van der Waals surface area contributed by atoms with Crippen LogP contribution in [0, 0.1) is 0 Å². The Labute approximate surface area is 168 Å². The molecule has 2 aliphatic rings. The zero-order valence-corrected chi connectivity index (χ0v) is 18.0. The summed E-state index contributed by atoms with van der Waals surface area (Å²) in [4.78, 5) is 4.72. The zero-order chi connectivity index (χ0) is 16.9. The van der Waals surface area contributed by atoms with Gasteiger partial charge in [-0.15, -0.1) is 24.0 Å². The van der Waals surface area contributed by atoms with Gasteiger partial charge in [0, 0.05) is 37.9 Å². The smallest absolute Gasteiger partial charge is 0.191 e. The molecule has 142 valence electrons. The van der Waals surface area contributed by atoms with E-state index in [1.165, 1.54) is 11.3 Å². The highest BCUT2D eigenvalue weighted by Gasteiger charge is 2.23. The molecule has 1 aliphatic heterocycles. The number of fused-ring (bicyclic) bond motifs is 1. The molecule has 1 aromatic heterocycles. The summed E-state index contributed by atoms with van der Waals surface area (Å²) in [6.07, 6.45) is 7.98. The van der Waals surface area contributed by atoms with Crippen molar-refractivity contribution in [3.63, 3.8) is 0 Å². The molecule has 0 saturated carbocycles. The summed E-state index contributed by atoms with van der Waals surface area (Å²) in [5.41, 5.74) is 2.64. The molecule has 0 radical (unpaired) electrons. The van der Waals surface area contributed by atoms with Crippen LogP contribution in [0.3, 0.4) is 0 Å². The minimum atomic E-state index is 0. The van der Waals surface area contributed by atoms with Crippen LogP contribution in [-0.4, -0.2) is 47.6 Å². The van der Waals surface area contributed by atoms with E-state index in [0.717, 1.165) is 57.8 Å². The predicted octanol–water partition coefficient (Wildman–Crippen LogP) is 2.67. The first-order valence-electron chi connectivity index (χ1n) is 9.39. The number of nitrogens with one attached hydrogen (secondary N) is 2. The Balaban J connectivity index is 0.00000225. The normalized spacial score (nSPS) is 23.3. The maximum absolute atomic E-state index is 5.67. The second kappa shape index (κ2) is 9.75. The van der Waals surface area contributed by atoms with Crippen molar-refractivity contribution >= 4 is 29.9 Å². The van der Waals surface area contributed by atoms with Crippen molar-refractivity contribution in [2.45, 2.75) is 71.1 Å². The second-order valence-corrected chi connectivity index (χ2v) is 7.11. The topological polar surface area (TPSA) is 63.5 Å². The van der Waals surface area contributed by atoms with Crippen molar-refractivity contribution in [3.05, 3.63) is 17.5 Å². The van der Waals surface area contributed by atoms with Gasteiger partial charge >= 0.3 is 0 Å². The van der Waals surface area contributed by atoms with Crippen LogP contribution in [0.25, 0.3) is 0 Å². The molecule has 7 heteroatoms. The number of aliphatic imine (C=N–C) groups is 1. The number of aromatic nitrogens is 2. The van der Waals surface area contributed by atoms with Crippen molar-refractivity contribution in [2.24, 2.45) is 4.99 Å². The molecule has 2 atom stereocenters. The van der Waals surface area contributed by atoms with Gasteiger partial charge in [-0.05, 0) is 52.0 Å². The van der Waals surface area contributed by atoms with Crippen molar-refractivity contribution in [1.82, 2.24) is 20.4 Å². The Hall–Kier alpha value is -0.830. The third-order valence-electron chi connectivity index (χ3n) is 4.79. The molecule has 1 aromatic rings. The van der Waals surface area contributed by atoms with E-state index in [1.807, 2.05) is 0 Å². The number of guanidine groups is 1. The molecule has 2 heterocycles. The lowest BCUT2D eigenvalue weighted by atomic mass is 9.94. The van der Waals surface area contributed by atoms with E-state index in [9.17, 15) is 0 Å². The molecule has 1 fully saturated rings. The molecule has 0 spiro atoms. The Morgan fingerprint density at radius 2 is 2.28 bits per heavy atom. The molecule has 1 aliphatic carbocycles. The van der Waals surface area contributed by atoms with Crippen molar-refractivity contribution < 1.29 is 4.74 Å². The van der Waals surface area contributed by atoms with Gasteiger partial charge in [0.2, 0.25) is 0 Å². The largest absolute Gasteiger partial charge is 0.376 e. The lowest BCUT2D eigenvalue weighted by Crippen LogP contribution is -2.46. The molecule has 1 saturated heterocycles. The minimum absolute atomic E-state index is 0. The summed E-state index contributed by atoms with van der Waals surface area (Å²) in [7, 11) is 0. The van der Waals surface area contributed by atoms with Gasteiger partial charge in [-0.1, -0.05) is 0 Å². The molecule has 2 unspecified atom stereocenters. The van der Waals surface area contributed by atoms with Crippen LogP contribution >= 0.6 is 24.0 Å². The number of hydrogen-bond donors (Lipinski definition) is 2. The van der Waals surface area contributed by atoms with Crippen LogP contribution < -0.4 is 10.6 Å². The third-order valence-corrected chi connectivity index (χ3v) is 4.79. The van der Waals surface area contributed by atoms with Gasteiger partial charge in [0.05, 0.1) is 18.3 Å². The maximum atomic E-state index is 5.67. The highest BCUT2D eigenvalue weighted by Crippen LogP contribution is 2.21. The quantitative estimate of drug-likeness (QED) is 0.402. The molecule has 0 amide bonds. The Kier molecular flexibility index (Phi) is 7.99. The zero-order valence-electron chi connectivity index (χ0n) is 15.6. The monoisotopic (exact) mass is 461 g/mol. The molecule has 6 nitrogen and oxygen atoms in total. The van der Waals surface area contributed by atoms with E-state index >= 15 is 0 Å². The number of hydrogen-bond acceptors (Lipinski definition) is 3. The average Bonchev–Trinajstić information content (AvgIpc) is 3.21.